The molecule has 0 spiro atoms. The molecule has 0 fully saturated rings. The molecule has 0 unspecified atom stereocenters. The number of ether oxygens (including phenoxy) is 1. The molecule has 0 aliphatic carbocycles. The fraction of sp³-hybridized carbons (Fsp3) is 0.308. The maximum atomic E-state index is 13.7. The van der Waals surface area contributed by atoms with Gasteiger partial charge in [-0.25, -0.2) is 4.39 Å². The van der Waals surface area contributed by atoms with Crippen LogP contribution in [-0.2, 0) is 13.2 Å². The van der Waals surface area contributed by atoms with E-state index in [1.807, 2.05) is 13.0 Å². The Morgan fingerprint density at radius 3 is 2.94 bits per heavy atom. The zero-order valence-electron chi connectivity index (χ0n) is 10.4. The first-order valence-corrected chi connectivity index (χ1v) is 5.67. The molecule has 96 valence electrons. The van der Waals surface area contributed by atoms with Gasteiger partial charge >= 0.3 is 0 Å². The molecule has 0 aliphatic heterocycles. The molecule has 1 heterocycles. The molecule has 0 radical (unpaired) electrons. The van der Waals surface area contributed by atoms with Crippen LogP contribution < -0.4 is 10.1 Å². The molecule has 2 rings (SSSR count). The van der Waals surface area contributed by atoms with Gasteiger partial charge in [-0.15, -0.1) is 0 Å². The Morgan fingerprint density at radius 1 is 1.44 bits per heavy atom. The zero-order valence-corrected chi connectivity index (χ0v) is 10.4. The van der Waals surface area contributed by atoms with E-state index in [1.54, 1.807) is 19.2 Å². The molecule has 0 saturated carbocycles. The summed E-state index contributed by atoms with van der Waals surface area (Å²) in [4.78, 5) is 0. The van der Waals surface area contributed by atoms with Gasteiger partial charge in [0.15, 0.2) is 17.3 Å². The third-order valence-electron chi connectivity index (χ3n) is 2.45. The lowest BCUT2D eigenvalue weighted by atomic mass is 10.2. The van der Waals surface area contributed by atoms with Gasteiger partial charge in [-0.05, 0) is 20.0 Å². The van der Waals surface area contributed by atoms with Crippen molar-refractivity contribution in [3.8, 4) is 5.75 Å². The number of aromatic nitrogens is 1. The second-order valence-corrected chi connectivity index (χ2v) is 3.98. The van der Waals surface area contributed by atoms with Gasteiger partial charge in [0, 0.05) is 18.2 Å². The quantitative estimate of drug-likeness (QED) is 0.885. The van der Waals surface area contributed by atoms with E-state index in [2.05, 4.69) is 10.5 Å². The molecule has 2 aromatic rings. The Hall–Kier alpha value is -1.88. The first-order chi connectivity index (χ1) is 8.70. The molecule has 1 aromatic heterocycles. The summed E-state index contributed by atoms with van der Waals surface area (Å²) in [5.74, 6) is 0.450. The predicted octanol–water partition coefficient (Wildman–Crippen LogP) is 2.42. The molecular formula is C13H15FN2O2. The summed E-state index contributed by atoms with van der Waals surface area (Å²) in [6.07, 6.45) is 0. The molecular weight excluding hydrogens is 235 g/mol. The summed E-state index contributed by atoms with van der Waals surface area (Å²) < 4.78 is 24.2. The molecule has 0 amide bonds. The molecule has 18 heavy (non-hydrogen) atoms. The monoisotopic (exact) mass is 250 g/mol. The number of hydrogen-bond acceptors (Lipinski definition) is 4. The maximum Gasteiger partial charge on any atom is 0.174 e. The van der Waals surface area contributed by atoms with Crippen molar-refractivity contribution in [2.24, 2.45) is 0 Å². The minimum atomic E-state index is -0.376. The van der Waals surface area contributed by atoms with E-state index < -0.39 is 0 Å². The first-order valence-electron chi connectivity index (χ1n) is 5.67. The van der Waals surface area contributed by atoms with E-state index in [1.165, 1.54) is 6.07 Å². The van der Waals surface area contributed by atoms with E-state index in [4.69, 9.17) is 9.26 Å². The average Bonchev–Trinajstić information content (AvgIpc) is 2.75. The van der Waals surface area contributed by atoms with Crippen LogP contribution >= 0.6 is 0 Å². The second kappa shape index (κ2) is 5.64. The summed E-state index contributed by atoms with van der Waals surface area (Å²) in [6.45, 7) is 2.53. The number of benzene rings is 1. The lowest BCUT2D eigenvalue weighted by Crippen LogP contribution is -2.08. The normalized spacial score (nSPS) is 10.6. The summed E-state index contributed by atoms with van der Waals surface area (Å²) in [6, 6.07) is 6.62. The third kappa shape index (κ3) is 2.87. The Balaban J connectivity index is 2.12. The fourth-order valence-corrected chi connectivity index (χ4v) is 1.67. The topological polar surface area (TPSA) is 47.3 Å². The lowest BCUT2D eigenvalue weighted by Gasteiger charge is -2.10. The molecule has 0 aliphatic rings. The SMILES string of the molecule is CNCc1cccc(F)c1OCc1cc(C)no1. The van der Waals surface area contributed by atoms with Crippen molar-refractivity contribution < 1.29 is 13.7 Å². The lowest BCUT2D eigenvalue weighted by molar-refractivity contribution is 0.237. The second-order valence-electron chi connectivity index (χ2n) is 3.98. The Kier molecular flexibility index (Phi) is 3.94. The van der Waals surface area contributed by atoms with Crippen molar-refractivity contribution in [2.45, 2.75) is 20.1 Å². The molecule has 1 aromatic carbocycles. The van der Waals surface area contributed by atoms with E-state index >= 15 is 0 Å². The van der Waals surface area contributed by atoms with Gasteiger partial charge in [-0.3, -0.25) is 0 Å². The van der Waals surface area contributed by atoms with Crippen LogP contribution in [0.15, 0.2) is 28.8 Å². The fourth-order valence-electron chi connectivity index (χ4n) is 1.67. The van der Waals surface area contributed by atoms with E-state index in [9.17, 15) is 4.39 Å². The minimum absolute atomic E-state index is 0.165. The van der Waals surface area contributed by atoms with Crippen LogP contribution in [0, 0.1) is 12.7 Å². The van der Waals surface area contributed by atoms with Crippen LogP contribution in [-0.4, -0.2) is 12.2 Å². The highest BCUT2D eigenvalue weighted by atomic mass is 19.1. The van der Waals surface area contributed by atoms with Crippen LogP contribution in [0.5, 0.6) is 5.75 Å². The molecule has 0 saturated heterocycles. The van der Waals surface area contributed by atoms with Crippen molar-refractivity contribution in [3.05, 3.63) is 47.1 Å². The van der Waals surface area contributed by atoms with E-state index in [-0.39, 0.29) is 18.2 Å². The third-order valence-corrected chi connectivity index (χ3v) is 2.45. The standard InChI is InChI=1S/C13H15FN2O2/c1-9-6-11(18-16-9)8-17-13-10(7-15-2)4-3-5-12(13)14/h3-6,15H,7-8H2,1-2H3. The van der Waals surface area contributed by atoms with Crippen LogP contribution in [0.4, 0.5) is 4.39 Å². The number of para-hydroxylation sites is 1. The Labute approximate surface area is 105 Å². The Bertz CT molecular complexity index is 525. The largest absolute Gasteiger partial charge is 0.482 e. The van der Waals surface area contributed by atoms with Gasteiger partial charge in [0.25, 0.3) is 0 Å². The number of rotatable bonds is 5. The van der Waals surface area contributed by atoms with Gasteiger partial charge < -0.3 is 14.6 Å². The molecule has 0 atom stereocenters. The number of halogens is 1. The maximum absolute atomic E-state index is 13.7. The number of nitrogens with zero attached hydrogens (tertiary/aromatic N) is 1. The minimum Gasteiger partial charge on any atom is -0.482 e. The molecule has 0 bridgehead atoms. The summed E-state index contributed by atoms with van der Waals surface area (Å²) in [5, 5.41) is 6.72. The average molecular weight is 250 g/mol. The number of nitrogens with one attached hydrogen (secondary N) is 1. The highest BCUT2D eigenvalue weighted by Gasteiger charge is 2.10. The summed E-state index contributed by atoms with van der Waals surface area (Å²) in [7, 11) is 1.80. The zero-order chi connectivity index (χ0) is 13.0. The summed E-state index contributed by atoms with van der Waals surface area (Å²) in [5.41, 5.74) is 1.55. The van der Waals surface area contributed by atoms with E-state index in [0.717, 1.165) is 11.3 Å². The van der Waals surface area contributed by atoms with Crippen LogP contribution in [0.3, 0.4) is 0 Å². The van der Waals surface area contributed by atoms with Crippen molar-refractivity contribution in [1.29, 1.82) is 0 Å². The molecule has 4 nitrogen and oxygen atoms in total. The highest BCUT2D eigenvalue weighted by Crippen LogP contribution is 2.23. The molecule has 1 N–H and O–H groups in total. The van der Waals surface area contributed by atoms with Gasteiger partial charge in [-0.2, -0.15) is 0 Å². The van der Waals surface area contributed by atoms with E-state index in [0.29, 0.717) is 12.3 Å². The van der Waals surface area contributed by atoms with Gasteiger partial charge in [0.1, 0.15) is 6.61 Å². The van der Waals surface area contributed by atoms with Crippen LogP contribution in [0.1, 0.15) is 17.0 Å². The summed E-state index contributed by atoms with van der Waals surface area (Å²) >= 11 is 0. The Morgan fingerprint density at radius 2 is 2.28 bits per heavy atom. The first kappa shape index (κ1) is 12.6. The number of aryl methyl sites for hydroxylation is 1. The predicted molar refractivity (Wildman–Crippen MR) is 64.7 cm³/mol. The van der Waals surface area contributed by atoms with Crippen molar-refractivity contribution in [1.82, 2.24) is 10.5 Å². The smallest absolute Gasteiger partial charge is 0.174 e. The van der Waals surface area contributed by atoms with Gasteiger partial charge in [-0.1, -0.05) is 17.3 Å². The van der Waals surface area contributed by atoms with Crippen molar-refractivity contribution in [3.63, 3.8) is 0 Å². The number of hydrogen-bond donors (Lipinski definition) is 1. The van der Waals surface area contributed by atoms with Crippen LogP contribution in [0.2, 0.25) is 0 Å². The molecule has 5 heteroatoms. The van der Waals surface area contributed by atoms with Crippen LogP contribution in [0.25, 0.3) is 0 Å². The van der Waals surface area contributed by atoms with Crippen molar-refractivity contribution in [2.75, 3.05) is 7.05 Å². The highest BCUT2D eigenvalue weighted by molar-refractivity contribution is 5.35. The van der Waals surface area contributed by atoms with Gasteiger partial charge in [0.05, 0.1) is 5.69 Å². The van der Waals surface area contributed by atoms with Gasteiger partial charge in [0.2, 0.25) is 0 Å². The van der Waals surface area contributed by atoms with Crippen molar-refractivity contribution >= 4 is 0 Å².